The molecule has 250 valence electrons. The molecule has 0 heterocycles. The number of unbranched alkanes of at least 4 members (excludes halogenated alkanes) is 3. The maximum Gasteiger partial charge on any atom is 0.513 e. The molecule has 0 amide bonds. The molecule has 3 aromatic carbocycles. The third kappa shape index (κ3) is 11.0. The van der Waals surface area contributed by atoms with Crippen molar-refractivity contribution in [3.63, 3.8) is 0 Å². The lowest BCUT2D eigenvalue weighted by molar-refractivity contribution is -0.128. The highest BCUT2D eigenvalue weighted by atomic mass is 16.7. The summed E-state index contributed by atoms with van der Waals surface area (Å²) in [4.78, 5) is 47.7. The van der Waals surface area contributed by atoms with Crippen molar-refractivity contribution >= 4 is 24.6 Å². The van der Waals surface area contributed by atoms with Gasteiger partial charge in [0.25, 0.3) is 6.47 Å². The molecule has 0 N–H and O–H groups in total. The van der Waals surface area contributed by atoms with E-state index in [1.807, 2.05) is 24.3 Å². The summed E-state index contributed by atoms with van der Waals surface area (Å²) in [5.41, 5.74) is 2.69. The molecule has 47 heavy (non-hydrogen) atoms. The van der Waals surface area contributed by atoms with Crippen LogP contribution in [0, 0.1) is 17.8 Å². The van der Waals surface area contributed by atoms with Gasteiger partial charge in [0, 0.05) is 0 Å². The van der Waals surface area contributed by atoms with Gasteiger partial charge in [-0.25, -0.2) is 14.4 Å². The van der Waals surface area contributed by atoms with E-state index in [0.717, 1.165) is 43.2 Å². The van der Waals surface area contributed by atoms with Gasteiger partial charge in [-0.2, -0.15) is 0 Å². The fourth-order valence-electron chi connectivity index (χ4n) is 5.77. The smallest absolute Gasteiger partial charge is 0.468 e. The quantitative estimate of drug-likeness (QED) is 0.0401. The number of carbonyl (C=O) groups excluding carboxylic acids is 4. The van der Waals surface area contributed by atoms with Crippen LogP contribution in [0.2, 0.25) is 0 Å². The molecule has 0 aliphatic heterocycles. The third-order valence-corrected chi connectivity index (χ3v) is 8.47. The van der Waals surface area contributed by atoms with Gasteiger partial charge in [-0.05, 0) is 116 Å². The number of carbonyl (C=O) groups is 4. The van der Waals surface area contributed by atoms with Gasteiger partial charge in [-0.15, -0.1) is 0 Å². The molecule has 1 saturated carbocycles. The fourth-order valence-corrected chi connectivity index (χ4v) is 5.77. The third-order valence-electron chi connectivity index (χ3n) is 8.47. The van der Waals surface area contributed by atoms with Gasteiger partial charge < -0.3 is 23.7 Å². The van der Waals surface area contributed by atoms with Crippen LogP contribution in [0.15, 0.2) is 72.8 Å². The molecule has 1 aliphatic carbocycles. The predicted octanol–water partition coefficient (Wildman–Crippen LogP) is 8.44. The summed E-state index contributed by atoms with van der Waals surface area (Å²) in [6.45, 7) is 7.65. The Morgan fingerprint density at radius 2 is 1.28 bits per heavy atom. The summed E-state index contributed by atoms with van der Waals surface area (Å²) in [6.07, 6.45) is 5.44. The van der Waals surface area contributed by atoms with Gasteiger partial charge in [0.05, 0.1) is 24.3 Å². The highest BCUT2D eigenvalue weighted by molar-refractivity contribution is 5.92. The molecule has 0 radical (unpaired) electrons. The van der Waals surface area contributed by atoms with Crippen LogP contribution in [-0.4, -0.2) is 43.9 Å². The van der Waals surface area contributed by atoms with Crippen LogP contribution in [-0.2, 0) is 19.0 Å². The molecule has 0 spiro atoms. The van der Waals surface area contributed by atoms with E-state index in [0.29, 0.717) is 54.1 Å². The summed E-state index contributed by atoms with van der Waals surface area (Å²) in [5.74, 6) is 1.14. The average molecular weight is 645 g/mol. The summed E-state index contributed by atoms with van der Waals surface area (Å²) in [6, 6.07) is 20.4. The summed E-state index contributed by atoms with van der Waals surface area (Å²) in [5, 5.41) is 0. The number of hydrogen-bond acceptors (Lipinski definition) is 9. The molecular formula is C38H44O9. The Morgan fingerprint density at radius 3 is 1.85 bits per heavy atom. The minimum Gasteiger partial charge on any atom is -0.468 e. The van der Waals surface area contributed by atoms with E-state index in [9.17, 15) is 19.2 Å². The zero-order valence-corrected chi connectivity index (χ0v) is 27.4. The van der Waals surface area contributed by atoms with Crippen molar-refractivity contribution in [3.8, 4) is 22.6 Å². The van der Waals surface area contributed by atoms with Gasteiger partial charge >= 0.3 is 18.1 Å². The lowest BCUT2D eigenvalue weighted by Gasteiger charge is -2.36. The number of ether oxygens (including phenoxy) is 5. The maximum atomic E-state index is 12.9. The van der Waals surface area contributed by atoms with E-state index < -0.39 is 12.1 Å². The fraction of sp³-hybridized carbons (Fsp3) is 0.421. The van der Waals surface area contributed by atoms with Crippen molar-refractivity contribution < 1.29 is 42.9 Å². The molecule has 0 aromatic heterocycles. The predicted molar refractivity (Wildman–Crippen MR) is 176 cm³/mol. The first kappa shape index (κ1) is 35.2. The minimum absolute atomic E-state index is 0.0532. The summed E-state index contributed by atoms with van der Waals surface area (Å²) in [7, 11) is 0. The van der Waals surface area contributed by atoms with Crippen molar-refractivity contribution in [1.82, 2.24) is 0 Å². The first-order valence-electron chi connectivity index (χ1n) is 16.4. The molecule has 3 atom stereocenters. The van der Waals surface area contributed by atoms with Gasteiger partial charge in [0.1, 0.15) is 17.6 Å². The molecular weight excluding hydrogens is 600 g/mol. The second-order valence-electron chi connectivity index (χ2n) is 12.4. The zero-order chi connectivity index (χ0) is 33.6. The first-order chi connectivity index (χ1) is 22.7. The van der Waals surface area contributed by atoms with Crippen molar-refractivity contribution in [2.24, 2.45) is 17.8 Å². The minimum atomic E-state index is -0.817. The highest BCUT2D eigenvalue weighted by Crippen LogP contribution is 2.36. The Labute approximate surface area is 276 Å². The van der Waals surface area contributed by atoms with Crippen molar-refractivity contribution in [2.45, 2.75) is 71.8 Å². The van der Waals surface area contributed by atoms with Crippen LogP contribution < -0.4 is 9.47 Å². The van der Waals surface area contributed by atoms with Crippen molar-refractivity contribution in [3.05, 3.63) is 83.9 Å². The van der Waals surface area contributed by atoms with Crippen LogP contribution in [0.25, 0.3) is 11.1 Å². The van der Waals surface area contributed by atoms with Gasteiger partial charge in [-0.3, -0.25) is 4.79 Å². The van der Waals surface area contributed by atoms with Gasteiger partial charge in [0.15, 0.2) is 0 Å². The maximum absolute atomic E-state index is 12.9. The van der Waals surface area contributed by atoms with Crippen LogP contribution in [0.5, 0.6) is 11.5 Å². The molecule has 1 aliphatic rings. The van der Waals surface area contributed by atoms with Crippen molar-refractivity contribution in [2.75, 3.05) is 13.2 Å². The van der Waals surface area contributed by atoms with Gasteiger partial charge in [0.2, 0.25) is 0 Å². The standard InChI is InChI=1S/C38H44O9/c1-26(2)34-21-8-27(3)24-35(34)47-37(41)31-15-11-29(12-16-31)28-9-13-30(14-10-28)36(40)45-32-17-19-33(20-18-32)46-38(42)44-23-7-5-4-6-22-43-25-39/h9-20,25-27,34-35H,4-8,21-24H2,1-3H3. The number of benzene rings is 3. The monoisotopic (exact) mass is 644 g/mol. The van der Waals surface area contributed by atoms with E-state index >= 15 is 0 Å². The lowest BCUT2D eigenvalue weighted by Crippen LogP contribution is -2.35. The lowest BCUT2D eigenvalue weighted by atomic mass is 9.75. The SMILES string of the molecule is CC1CCC(C(C)C)C(OC(=O)c2ccc(-c3ccc(C(=O)Oc4ccc(OC(=O)OCCCCCCOC=O)cc4)cc3)cc2)C1. The first-order valence-corrected chi connectivity index (χ1v) is 16.4. The zero-order valence-electron chi connectivity index (χ0n) is 27.4. The molecule has 9 nitrogen and oxygen atoms in total. The van der Waals surface area contributed by atoms with E-state index in [4.69, 9.17) is 18.9 Å². The van der Waals surface area contributed by atoms with E-state index in [1.54, 1.807) is 24.3 Å². The Kier molecular flexibility index (Phi) is 13.4. The Bertz CT molecular complexity index is 1450. The molecule has 4 rings (SSSR count). The number of hydrogen-bond donors (Lipinski definition) is 0. The Hall–Kier alpha value is -4.66. The summed E-state index contributed by atoms with van der Waals surface area (Å²) >= 11 is 0. The van der Waals surface area contributed by atoms with Crippen LogP contribution in [0.1, 0.15) is 86.4 Å². The van der Waals surface area contributed by atoms with E-state index in [1.165, 1.54) is 30.7 Å². The summed E-state index contributed by atoms with van der Waals surface area (Å²) < 4.78 is 26.3. The van der Waals surface area contributed by atoms with Crippen LogP contribution in [0.3, 0.4) is 0 Å². The second-order valence-corrected chi connectivity index (χ2v) is 12.4. The molecule has 0 saturated heterocycles. The van der Waals surface area contributed by atoms with E-state index in [2.05, 4.69) is 25.5 Å². The molecule has 0 bridgehead atoms. The topological polar surface area (TPSA) is 114 Å². The normalized spacial score (nSPS) is 17.4. The van der Waals surface area contributed by atoms with Gasteiger partial charge in [-0.1, -0.05) is 51.5 Å². The molecule has 9 heteroatoms. The Morgan fingerprint density at radius 1 is 0.723 bits per heavy atom. The number of esters is 2. The van der Waals surface area contributed by atoms with Crippen LogP contribution in [0.4, 0.5) is 4.79 Å². The van der Waals surface area contributed by atoms with E-state index in [-0.39, 0.29) is 24.4 Å². The second kappa shape index (κ2) is 17.9. The van der Waals surface area contributed by atoms with Crippen molar-refractivity contribution in [1.29, 1.82) is 0 Å². The number of rotatable bonds is 15. The molecule has 3 aromatic rings. The van der Waals surface area contributed by atoms with Crippen LogP contribution >= 0.6 is 0 Å². The largest absolute Gasteiger partial charge is 0.513 e. The molecule has 3 unspecified atom stereocenters. The highest BCUT2D eigenvalue weighted by Gasteiger charge is 2.33. The molecule has 1 fully saturated rings. The average Bonchev–Trinajstić information content (AvgIpc) is 3.07. The Balaban J connectivity index is 1.22.